The summed E-state index contributed by atoms with van der Waals surface area (Å²) < 4.78 is 11.2. The minimum Gasteiger partial charge on any atom is -0.490 e. The highest BCUT2D eigenvalue weighted by atomic mass is 16.5. The van der Waals surface area contributed by atoms with Crippen LogP contribution in [0.4, 0.5) is 4.79 Å². The van der Waals surface area contributed by atoms with Crippen LogP contribution in [0, 0.1) is 5.92 Å². The van der Waals surface area contributed by atoms with Crippen molar-refractivity contribution >= 4 is 17.8 Å². The second-order valence-electron chi connectivity index (χ2n) is 9.40. The van der Waals surface area contributed by atoms with Crippen LogP contribution in [0.25, 0.3) is 0 Å². The molecule has 1 aromatic carbocycles. The van der Waals surface area contributed by atoms with Crippen LogP contribution in [-0.4, -0.2) is 72.1 Å². The van der Waals surface area contributed by atoms with E-state index < -0.39 is 5.54 Å². The van der Waals surface area contributed by atoms with Crippen LogP contribution >= 0.6 is 0 Å². The van der Waals surface area contributed by atoms with Crippen molar-refractivity contribution in [3.05, 3.63) is 42.5 Å². The molecule has 184 valence electrons. The Hall–Kier alpha value is -2.87. The fourth-order valence-electron chi connectivity index (χ4n) is 5.48. The number of urea groups is 1. The molecule has 8 heteroatoms. The molecule has 0 saturated carbocycles. The number of likely N-dealkylation sites (tertiary alicyclic amines) is 1. The van der Waals surface area contributed by atoms with Crippen LogP contribution in [0.15, 0.2) is 36.9 Å². The van der Waals surface area contributed by atoms with Gasteiger partial charge in [-0.1, -0.05) is 32.1 Å². The zero-order valence-corrected chi connectivity index (χ0v) is 20.0. The number of nitrogens with one attached hydrogen (secondary N) is 1. The Morgan fingerprint density at radius 1 is 1.29 bits per heavy atom. The zero-order chi connectivity index (χ0) is 24.1. The van der Waals surface area contributed by atoms with Gasteiger partial charge in [-0.2, -0.15) is 0 Å². The number of rotatable bonds is 9. The monoisotopic (exact) mass is 469 g/mol. The van der Waals surface area contributed by atoms with E-state index in [0.29, 0.717) is 63.4 Å². The van der Waals surface area contributed by atoms with Crippen LogP contribution in [0.1, 0.15) is 55.8 Å². The molecule has 0 aliphatic carbocycles. The van der Waals surface area contributed by atoms with Gasteiger partial charge in [-0.25, -0.2) is 4.79 Å². The van der Waals surface area contributed by atoms with E-state index in [1.807, 2.05) is 24.0 Å². The number of imide groups is 1. The Bertz CT molecular complexity index is 921. The Kier molecular flexibility index (Phi) is 7.56. The van der Waals surface area contributed by atoms with Crippen molar-refractivity contribution in [3.63, 3.8) is 0 Å². The maximum atomic E-state index is 13.6. The van der Waals surface area contributed by atoms with E-state index in [2.05, 4.69) is 11.9 Å². The van der Waals surface area contributed by atoms with Crippen LogP contribution in [0.2, 0.25) is 0 Å². The summed E-state index contributed by atoms with van der Waals surface area (Å²) >= 11 is 0. The Morgan fingerprint density at radius 3 is 2.76 bits per heavy atom. The van der Waals surface area contributed by atoms with E-state index in [-0.39, 0.29) is 29.9 Å². The standard InChI is InChI=1S/C26H35N3O5/c1-3-12-26(24(31)29(25(32)27-26)18-22-9-6-16-34-22)20-10-13-28(14-11-20)23(30)19-7-5-8-21(17-19)33-15-4-2/h4-5,7-8,17,20,22H,2-3,6,9-16,18H2,1H3,(H,27,32)/t22-,26+/m1/s1. The van der Waals surface area contributed by atoms with Gasteiger partial charge in [0, 0.05) is 25.3 Å². The number of carbonyl (C=O) groups is 3. The van der Waals surface area contributed by atoms with Gasteiger partial charge in [0.15, 0.2) is 0 Å². The van der Waals surface area contributed by atoms with E-state index in [1.54, 1.807) is 18.2 Å². The first-order valence-corrected chi connectivity index (χ1v) is 12.4. The molecule has 3 fully saturated rings. The van der Waals surface area contributed by atoms with E-state index in [0.717, 1.165) is 19.3 Å². The van der Waals surface area contributed by atoms with Gasteiger partial charge in [-0.3, -0.25) is 14.5 Å². The smallest absolute Gasteiger partial charge is 0.325 e. The first-order valence-electron chi connectivity index (χ1n) is 12.4. The number of hydrogen-bond acceptors (Lipinski definition) is 5. The molecule has 0 radical (unpaired) electrons. The Morgan fingerprint density at radius 2 is 2.09 bits per heavy atom. The number of benzene rings is 1. The third kappa shape index (κ3) is 4.82. The molecular formula is C26H35N3O5. The predicted molar refractivity (Wildman–Crippen MR) is 128 cm³/mol. The third-order valence-corrected chi connectivity index (χ3v) is 7.18. The van der Waals surface area contributed by atoms with Gasteiger partial charge in [-0.15, -0.1) is 0 Å². The van der Waals surface area contributed by atoms with Crippen molar-refractivity contribution < 1.29 is 23.9 Å². The van der Waals surface area contributed by atoms with Crippen molar-refractivity contribution in [2.75, 3.05) is 32.8 Å². The number of piperidine rings is 1. The number of ether oxygens (including phenoxy) is 2. The number of hydrogen-bond donors (Lipinski definition) is 1. The molecule has 0 unspecified atom stereocenters. The summed E-state index contributed by atoms with van der Waals surface area (Å²) in [5.74, 6) is 0.443. The summed E-state index contributed by atoms with van der Waals surface area (Å²) in [6, 6.07) is 6.85. The average molecular weight is 470 g/mol. The van der Waals surface area contributed by atoms with Crippen molar-refractivity contribution in [2.45, 2.75) is 57.1 Å². The first kappa shape index (κ1) is 24.3. The molecule has 8 nitrogen and oxygen atoms in total. The molecule has 1 aromatic rings. The molecule has 3 heterocycles. The average Bonchev–Trinajstić information content (AvgIpc) is 3.46. The highest BCUT2D eigenvalue weighted by molar-refractivity contribution is 6.07. The summed E-state index contributed by atoms with van der Waals surface area (Å²) in [6.45, 7) is 8.15. The molecule has 4 rings (SSSR count). The highest BCUT2D eigenvalue weighted by Gasteiger charge is 2.55. The molecule has 0 bridgehead atoms. The number of amides is 4. The fraction of sp³-hybridized carbons (Fsp3) is 0.577. The molecular weight excluding hydrogens is 434 g/mol. The highest BCUT2D eigenvalue weighted by Crippen LogP contribution is 2.38. The molecule has 3 aliphatic heterocycles. The summed E-state index contributed by atoms with van der Waals surface area (Å²) in [6.07, 6.45) is 6.14. The van der Waals surface area contributed by atoms with Crippen LogP contribution in [-0.2, 0) is 9.53 Å². The summed E-state index contributed by atoms with van der Waals surface area (Å²) in [4.78, 5) is 42.7. The van der Waals surface area contributed by atoms with Gasteiger partial charge in [0.1, 0.15) is 17.9 Å². The lowest BCUT2D eigenvalue weighted by atomic mass is 9.74. The van der Waals surface area contributed by atoms with Gasteiger partial charge in [0.25, 0.3) is 11.8 Å². The van der Waals surface area contributed by atoms with Crippen molar-refractivity contribution in [1.29, 1.82) is 0 Å². The minimum absolute atomic E-state index is 0.00953. The summed E-state index contributed by atoms with van der Waals surface area (Å²) in [5, 5.41) is 3.07. The molecule has 34 heavy (non-hydrogen) atoms. The zero-order valence-electron chi connectivity index (χ0n) is 20.0. The van der Waals surface area contributed by atoms with Crippen molar-refractivity contribution in [2.24, 2.45) is 5.92 Å². The molecule has 0 aromatic heterocycles. The van der Waals surface area contributed by atoms with Crippen LogP contribution in [0.5, 0.6) is 5.75 Å². The Balaban J connectivity index is 1.42. The predicted octanol–water partition coefficient (Wildman–Crippen LogP) is 3.37. The van der Waals surface area contributed by atoms with Crippen molar-refractivity contribution in [3.8, 4) is 5.75 Å². The molecule has 3 saturated heterocycles. The number of carbonyl (C=O) groups excluding carboxylic acids is 3. The van der Waals surface area contributed by atoms with Gasteiger partial charge in [-0.05, 0) is 56.2 Å². The topological polar surface area (TPSA) is 88.2 Å². The maximum absolute atomic E-state index is 13.6. The number of nitrogens with zero attached hydrogens (tertiary/aromatic N) is 2. The maximum Gasteiger partial charge on any atom is 0.325 e. The lowest BCUT2D eigenvalue weighted by Crippen LogP contribution is -2.56. The van der Waals surface area contributed by atoms with E-state index in [1.165, 1.54) is 4.90 Å². The largest absolute Gasteiger partial charge is 0.490 e. The van der Waals surface area contributed by atoms with Gasteiger partial charge in [0.2, 0.25) is 0 Å². The quantitative estimate of drug-likeness (QED) is 0.443. The molecule has 2 atom stereocenters. The second-order valence-corrected chi connectivity index (χ2v) is 9.40. The first-order chi connectivity index (χ1) is 16.5. The summed E-state index contributed by atoms with van der Waals surface area (Å²) in [7, 11) is 0. The van der Waals surface area contributed by atoms with Crippen LogP contribution in [0.3, 0.4) is 0 Å². The normalized spacial score (nSPS) is 25.5. The molecule has 4 amide bonds. The van der Waals surface area contributed by atoms with Crippen molar-refractivity contribution in [1.82, 2.24) is 15.1 Å². The molecule has 3 aliphatic rings. The van der Waals surface area contributed by atoms with Gasteiger partial charge < -0.3 is 19.7 Å². The van der Waals surface area contributed by atoms with E-state index in [9.17, 15) is 14.4 Å². The molecule has 0 spiro atoms. The lowest BCUT2D eigenvalue weighted by Gasteiger charge is -2.41. The van der Waals surface area contributed by atoms with Gasteiger partial charge in [0.05, 0.1) is 12.6 Å². The van der Waals surface area contributed by atoms with Crippen LogP contribution < -0.4 is 10.1 Å². The summed E-state index contributed by atoms with van der Waals surface area (Å²) in [5.41, 5.74) is -0.311. The van der Waals surface area contributed by atoms with E-state index >= 15 is 0 Å². The van der Waals surface area contributed by atoms with E-state index in [4.69, 9.17) is 9.47 Å². The second kappa shape index (κ2) is 10.6. The third-order valence-electron chi connectivity index (χ3n) is 7.18. The van der Waals surface area contributed by atoms with Gasteiger partial charge >= 0.3 is 6.03 Å². The molecule has 1 N–H and O–H groups in total. The fourth-order valence-corrected chi connectivity index (χ4v) is 5.48. The minimum atomic E-state index is -0.891. The Labute approximate surface area is 201 Å². The SMILES string of the molecule is C=CCOc1cccc(C(=O)N2CCC([C@]3(CCC)NC(=O)N(C[C@H]4CCCO4)C3=O)CC2)c1. The lowest BCUT2D eigenvalue weighted by molar-refractivity contribution is -0.135.